The van der Waals surface area contributed by atoms with Gasteiger partial charge in [0, 0.05) is 29.5 Å². The highest BCUT2D eigenvalue weighted by atomic mass is 35.5. The molecule has 0 aromatic heterocycles. The van der Waals surface area contributed by atoms with E-state index in [2.05, 4.69) is 5.32 Å². The van der Waals surface area contributed by atoms with Crippen LogP contribution < -0.4 is 5.32 Å². The van der Waals surface area contributed by atoms with Crippen LogP contribution in [0.5, 0.6) is 0 Å². The molecule has 0 saturated heterocycles. The molecule has 1 saturated carbocycles. The Morgan fingerprint density at radius 2 is 1.65 bits per heavy atom. The van der Waals surface area contributed by atoms with Crippen LogP contribution in [0.15, 0.2) is 24.3 Å². The van der Waals surface area contributed by atoms with Gasteiger partial charge in [0.25, 0.3) is 0 Å². The van der Waals surface area contributed by atoms with E-state index in [1.807, 2.05) is 0 Å². The summed E-state index contributed by atoms with van der Waals surface area (Å²) in [6.07, 6.45) is 2.81. The highest BCUT2D eigenvalue weighted by molar-refractivity contribution is 6.30. The van der Waals surface area contributed by atoms with Gasteiger partial charge in [0.05, 0.1) is 5.92 Å². The molecule has 0 aliphatic heterocycles. The predicted octanol–water partition coefficient (Wildman–Crippen LogP) is 3.06. The fourth-order valence-corrected chi connectivity index (χ4v) is 2.92. The van der Waals surface area contributed by atoms with Crippen molar-refractivity contribution in [3.63, 3.8) is 0 Å². The minimum atomic E-state index is -0.761. The van der Waals surface area contributed by atoms with Crippen molar-refractivity contribution in [2.45, 2.75) is 44.6 Å². The van der Waals surface area contributed by atoms with E-state index in [-0.39, 0.29) is 36.5 Å². The van der Waals surface area contributed by atoms with Crippen molar-refractivity contribution in [3.8, 4) is 0 Å². The smallest absolute Gasteiger partial charge is 0.306 e. The lowest BCUT2D eigenvalue weighted by molar-refractivity contribution is -0.142. The third kappa shape index (κ3) is 5.36. The second kappa shape index (κ2) is 8.11. The van der Waals surface area contributed by atoms with Crippen LogP contribution in [0.3, 0.4) is 0 Å². The standard InChI is InChI=1S/C17H20ClNO4/c18-13-5-1-11(2-6-13)15(20)9-10-16(21)19-14-7-3-12(4-8-14)17(22)23/h1-2,5-6,12,14H,3-4,7-10H2,(H,19,21)(H,22,23). The van der Waals surface area contributed by atoms with E-state index in [1.54, 1.807) is 24.3 Å². The molecule has 2 N–H and O–H groups in total. The lowest BCUT2D eigenvalue weighted by atomic mass is 9.86. The quantitative estimate of drug-likeness (QED) is 0.781. The van der Waals surface area contributed by atoms with Gasteiger partial charge in [-0.15, -0.1) is 0 Å². The van der Waals surface area contributed by atoms with Crippen molar-refractivity contribution in [3.05, 3.63) is 34.9 Å². The molecule has 1 aliphatic carbocycles. The number of ketones is 1. The molecule has 5 nitrogen and oxygen atoms in total. The largest absolute Gasteiger partial charge is 0.481 e. The molecule has 0 spiro atoms. The highest BCUT2D eigenvalue weighted by Gasteiger charge is 2.26. The summed E-state index contributed by atoms with van der Waals surface area (Å²) in [5.74, 6) is -1.31. The van der Waals surface area contributed by atoms with Gasteiger partial charge in [-0.25, -0.2) is 0 Å². The lowest BCUT2D eigenvalue weighted by Crippen LogP contribution is -2.38. The van der Waals surface area contributed by atoms with Crippen LogP contribution in [0.4, 0.5) is 0 Å². The number of amides is 1. The lowest BCUT2D eigenvalue weighted by Gasteiger charge is -2.26. The van der Waals surface area contributed by atoms with Crippen molar-refractivity contribution < 1.29 is 19.5 Å². The number of carboxylic acids is 1. The molecule has 6 heteroatoms. The maximum Gasteiger partial charge on any atom is 0.306 e. The Kier molecular flexibility index (Phi) is 6.16. The summed E-state index contributed by atoms with van der Waals surface area (Å²) < 4.78 is 0. The third-order valence-electron chi connectivity index (χ3n) is 4.19. The van der Waals surface area contributed by atoms with Gasteiger partial charge in [-0.2, -0.15) is 0 Å². The summed E-state index contributed by atoms with van der Waals surface area (Å²) in [6, 6.07) is 6.61. The molecule has 1 fully saturated rings. The van der Waals surface area contributed by atoms with Crippen molar-refractivity contribution in [2.75, 3.05) is 0 Å². The zero-order valence-corrected chi connectivity index (χ0v) is 13.5. The highest BCUT2D eigenvalue weighted by Crippen LogP contribution is 2.24. The van der Waals surface area contributed by atoms with Crippen molar-refractivity contribution in [1.29, 1.82) is 0 Å². The normalized spacial score (nSPS) is 20.7. The molecule has 1 aromatic carbocycles. The average Bonchev–Trinajstić information content (AvgIpc) is 2.54. The Morgan fingerprint density at radius 1 is 1.04 bits per heavy atom. The van der Waals surface area contributed by atoms with Crippen LogP contribution >= 0.6 is 11.6 Å². The third-order valence-corrected chi connectivity index (χ3v) is 4.44. The van der Waals surface area contributed by atoms with Crippen LogP contribution in [-0.4, -0.2) is 28.8 Å². The van der Waals surface area contributed by atoms with E-state index in [1.165, 1.54) is 0 Å². The predicted molar refractivity (Wildman–Crippen MR) is 86.5 cm³/mol. The van der Waals surface area contributed by atoms with Gasteiger partial charge in [0.15, 0.2) is 5.78 Å². The summed E-state index contributed by atoms with van der Waals surface area (Å²) in [7, 11) is 0. The Balaban J connectivity index is 1.72. The molecule has 0 atom stereocenters. The van der Waals surface area contributed by atoms with E-state index in [0.29, 0.717) is 36.3 Å². The van der Waals surface area contributed by atoms with E-state index in [4.69, 9.17) is 16.7 Å². The van der Waals surface area contributed by atoms with Crippen LogP contribution in [0.1, 0.15) is 48.9 Å². The number of carboxylic acid groups (broad SMARTS) is 1. The number of carbonyl (C=O) groups is 3. The molecule has 0 unspecified atom stereocenters. The molecule has 1 aromatic rings. The fourth-order valence-electron chi connectivity index (χ4n) is 2.79. The molecule has 0 bridgehead atoms. The van der Waals surface area contributed by atoms with Gasteiger partial charge in [-0.3, -0.25) is 14.4 Å². The maximum atomic E-state index is 12.0. The number of aliphatic carboxylic acids is 1. The Bertz CT molecular complexity index is 577. The minimum absolute atomic E-state index is 0.0173. The van der Waals surface area contributed by atoms with E-state index >= 15 is 0 Å². The summed E-state index contributed by atoms with van der Waals surface area (Å²) in [5, 5.41) is 12.4. The molecule has 1 amide bonds. The van der Waals surface area contributed by atoms with Crippen LogP contribution in [0, 0.1) is 5.92 Å². The second-order valence-corrected chi connectivity index (χ2v) is 6.32. The first kappa shape index (κ1) is 17.5. The molecule has 2 rings (SSSR count). The number of benzene rings is 1. The van der Waals surface area contributed by atoms with E-state index in [9.17, 15) is 14.4 Å². The first-order valence-corrected chi connectivity index (χ1v) is 8.14. The molecule has 23 heavy (non-hydrogen) atoms. The van der Waals surface area contributed by atoms with Gasteiger partial charge < -0.3 is 10.4 Å². The zero-order chi connectivity index (χ0) is 16.8. The van der Waals surface area contributed by atoms with Gasteiger partial charge >= 0.3 is 5.97 Å². The molecule has 0 heterocycles. The number of halogens is 1. The molecular weight excluding hydrogens is 318 g/mol. The number of hydrogen-bond acceptors (Lipinski definition) is 3. The van der Waals surface area contributed by atoms with Crippen molar-refractivity contribution in [2.24, 2.45) is 5.92 Å². The SMILES string of the molecule is O=C(CCC(=O)c1ccc(Cl)cc1)NC1CCC(C(=O)O)CC1. The van der Waals surface area contributed by atoms with Gasteiger partial charge in [-0.05, 0) is 49.9 Å². The average molecular weight is 338 g/mol. The molecule has 0 radical (unpaired) electrons. The summed E-state index contributed by atoms with van der Waals surface area (Å²) >= 11 is 5.77. The number of Topliss-reactive ketones (excluding diaryl/α,β-unsaturated/α-hetero) is 1. The number of rotatable bonds is 6. The first-order chi connectivity index (χ1) is 11.0. The Labute approximate surface area is 140 Å². The summed E-state index contributed by atoms with van der Waals surface area (Å²) in [6.45, 7) is 0. The topological polar surface area (TPSA) is 83.5 Å². The maximum absolute atomic E-state index is 12.0. The van der Waals surface area contributed by atoms with Crippen molar-refractivity contribution in [1.82, 2.24) is 5.32 Å². The van der Waals surface area contributed by atoms with E-state index in [0.717, 1.165) is 0 Å². The van der Waals surface area contributed by atoms with Gasteiger partial charge in [0.1, 0.15) is 0 Å². The second-order valence-electron chi connectivity index (χ2n) is 5.88. The van der Waals surface area contributed by atoms with E-state index < -0.39 is 5.97 Å². The number of hydrogen-bond donors (Lipinski definition) is 2. The summed E-state index contributed by atoms with van der Waals surface area (Å²) in [4.78, 5) is 34.8. The molecule has 124 valence electrons. The number of nitrogens with one attached hydrogen (secondary N) is 1. The molecular formula is C17H20ClNO4. The minimum Gasteiger partial charge on any atom is -0.481 e. The Hall–Kier alpha value is -1.88. The van der Waals surface area contributed by atoms with Crippen LogP contribution in [0.2, 0.25) is 5.02 Å². The Morgan fingerprint density at radius 3 is 2.22 bits per heavy atom. The van der Waals surface area contributed by atoms with Crippen molar-refractivity contribution >= 4 is 29.3 Å². The fraction of sp³-hybridized carbons (Fsp3) is 0.471. The first-order valence-electron chi connectivity index (χ1n) is 7.76. The summed E-state index contributed by atoms with van der Waals surface area (Å²) in [5.41, 5.74) is 0.546. The number of carbonyl (C=O) groups excluding carboxylic acids is 2. The van der Waals surface area contributed by atoms with Gasteiger partial charge in [0.2, 0.25) is 5.91 Å². The van der Waals surface area contributed by atoms with Gasteiger partial charge in [-0.1, -0.05) is 11.6 Å². The van der Waals surface area contributed by atoms with Crippen LogP contribution in [-0.2, 0) is 9.59 Å². The molecule has 1 aliphatic rings. The zero-order valence-electron chi connectivity index (χ0n) is 12.8. The monoisotopic (exact) mass is 337 g/mol. The van der Waals surface area contributed by atoms with Crippen LogP contribution in [0.25, 0.3) is 0 Å².